The summed E-state index contributed by atoms with van der Waals surface area (Å²) in [5.41, 5.74) is 3.46. The van der Waals surface area contributed by atoms with Crippen molar-refractivity contribution in [1.29, 1.82) is 0 Å². The topological polar surface area (TPSA) is 42.9 Å². The van der Waals surface area contributed by atoms with E-state index >= 15 is 0 Å². The fourth-order valence-corrected chi connectivity index (χ4v) is 5.51. The van der Waals surface area contributed by atoms with E-state index in [2.05, 4.69) is 16.0 Å². The Balaban J connectivity index is 1.22. The molecule has 2 aromatic heterocycles. The first-order valence-corrected chi connectivity index (χ1v) is 10.6. The van der Waals surface area contributed by atoms with Crippen LogP contribution in [0.25, 0.3) is 10.9 Å². The minimum Gasteiger partial charge on any atom is -0.299 e. The van der Waals surface area contributed by atoms with Crippen molar-refractivity contribution in [2.24, 2.45) is 11.3 Å². The Morgan fingerprint density at radius 3 is 2.69 bits per heavy atom. The summed E-state index contributed by atoms with van der Waals surface area (Å²) < 4.78 is 13.8. The zero-order valence-corrected chi connectivity index (χ0v) is 16.5. The molecule has 148 valence electrons. The zero-order valence-electron chi connectivity index (χ0n) is 16.5. The predicted octanol–water partition coefficient (Wildman–Crippen LogP) is 5.63. The maximum Gasteiger partial charge on any atom is 0.140 e. The molecule has 2 aliphatic carbocycles. The second kappa shape index (κ2) is 7.33. The molecule has 5 rings (SSSR count). The van der Waals surface area contributed by atoms with Crippen molar-refractivity contribution in [3.05, 3.63) is 71.9 Å². The highest BCUT2D eigenvalue weighted by molar-refractivity contribution is 5.84. The first kappa shape index (κ1) is 18.4. The maximum absolute atomic E-state index is 13.8. The molecule has 3 aromatic rings. The monoisotopic (exact) mass is 388 g/mol. The molecule has 3 nitrogen and oxygen atoms in total. The highest BCUT2D eigenvalue weighted by Crippen LogP contribution is 2.57. The van der Waals surface area contributed by atoms with Gasteiger partial charge in [0.15, 0.2) is 0 Å². The summed E-state index contributed by atoms with van der Waals surface area (Å²) in [6.07, 6.45) is 12.5. The lowest BCUT2D eigenvalue weighted by molar-refractivity contribution is -0.131. The highest BCUT2D eigenvalue weighted by Gasteiger charge is 2.48. The number of carbonyl (C=O) groups excluding carboxylic acids is 1. The van der Waals surface area contributed by atoms with E-state index in [4.69, 9.17) is 0 Å². The number of pyridine rings is 2. The van der Waals surface area contributed by atoms with Crippen molar-refractivity contribution in [1.82, 2.24) is 9.97 Å². The summed E-state index contributed by atoms with van der Waals surface area (Å²) in [6, 6.07) is 10.8. The van der Waals surface area contributed by atoms with E-state index in [0.717, 1.165) is 55.0 Å². The van der Waals surface area contributed by atoms with Crippen LogP contribution in [-0.4, -0.2) is 15.8 Å². The summed E-state index contributed by atoms with van der Waals surface area (Å²) in [7, 11) is 0. The first-order valence-electron chi connectivity index (χ1n) is 10.6. The summed E-state index contributed by atoms with van der Waals surface area (Å²) in [6.45, 7) is 0. The Labute approximate surface area is 170 Å². The van der Waals surface area contributed by atoms with E-state index in [1.165, 1.54) is 11.6 Å². The van der Waals surface area contributed by atoms with Crippen LogP contribution >= 0.6 is 0 Å². The van der Waals surface area contributed by atoms with Gasteiger partial charge in [-0.1, -0.05) is 6.07 Å². The molecule has 2 fully saturated rings. The quantitative estimate of drug-likeness (QED) is 0.581. The molecular weight excluding hydrogens is 363 g/mol. The van der Waals surface area contributed by atoms with Crippen LogP contribution in [0, 0.1) is 17.2 Å². The number of Topliss-reactive ketones (excluding diaryl/α,β-unsaturated/α-hetero) is 1. The van der Waals surface area contributed by atoms with Crippen molar-refractivity contribution in [3.63, 3.8) is 0 Å². The van der Waals surface area contributed by atoms with Gasteiger partial charge < -0.3 is 0 Å². The lowest BCUT2D eigenvalue weighted by Gasteiger charge is -2.51. The predicted molar refractivity (Wildman–Crippen MR) is 111 cm³/mol. The second-order valence-electron chi connectivity index (χ2n) is 8.95. The van der Waals surface area contributed by atoms with Gasteiger partial charge in [-0.3, -0.25) is 14.8 Å². The number of halogens is 1. The Morgan fingerprint density at radius 1 is 1.10 bits per heavy atom. The van der Waals surface area contributed by atoms with Crippen molar-refractivity contribution < 1.29 is 9.18 Å². The van der Waals surface area contributed by atoms with Crippen LogP contribution in [0.5, 0.6) is 0 Å². The average Bonchev–Trinajstić information content (AvgIpc) is 2.72. The van der Waals surface area contributed by atoms with Crippen LogP contribution in [-0.2, 0) is 11.2 Å². The third-order valence-electron chi connectivity index (χ3n) is 7.14. The maximum atomic E-state index is 13.8. The van der Waals surface area contributed by atoms with E-state index in [-0.39, 0.29) is 11.7 Å². The molecular formula is C25H25FN2O. The van der Waals surface area contributed by atoms with Crippen molar-refractivity contribution in [2.75, 3.05) is 0 Å². The number of hydrogen-bond acceptors (Lipinski definition) is 3. The summed E-state index contributed by atoms with van der Waals surface area (Å²) in [5.74, 6) is 0.829. The smallest absolute Gasteiger partial charge is 0.140 e. The number of carbonyl (C=O) groups is 1. The molecule has 0 saturated heterocycles. The Hall–Kier alpha value is -2.62. The minimum absolute atomic E-state index is 0.201. The van der Waals surface area contributed by atoms with E-state index in [9.17, 15) is 9.18 Å². The van der Waals surface area contributed by atoms with E-state index in [1.54, 1.807) is 24.5 Å². The number of ketones is 1. The van der Waals surface area contributed by atoms with Crippen LogP contribution in [0.15, 0.2) is 55.0 Å². The molecule has 0 amide bonds. The van der Waals surface area contributed by atoms with Crippen molar-refractivity contribution >= 4 is 16.7 Å². The lowest BCUT2D eigenvalue weighted by Crippen LogP contribution is -2.43. The third-order valence-corrected chi connectivity index (χ3v) is 7.14. The molecule has 1 spiro atoms. The fraction of sp³-hybridized carbons (Fsp3) is 0.400. The summed E-state index contributed by atoms with van der Waals surface area (Å²) in [5, 5.41) is 0.951. The zero-order chi connectivity index (χ0) is 19.8. The fourth-order valence-electron chi connectivity index (χ4n) is 5.51. The number of benzene rings is 1. The molecule has 1 aromatic carbocycles. The molecule has 0 atom stereocenters. The van der Waals surface area contributed by atoms with Gasteiger partial charge in [0.25, 0.3) is 0 Å². The normalized spacial score (nSPS) is 26.4. The summed E-state index contributed by atoms with van der Waals surface area (Å²) >= 11 is 0. The largest absolute Gasteiger partial charge is 0.299 e. The average molecular weight is 388 g/mol. The van der Waals surface area contributed by atoms with E-state index < -0.39 is 0 Å². The van der Waals surface area contributed by atoms with E-state index in [1.807, 2.05) is 18.3 Å². The number of aromatic nitrogens is 2. The molecule has 0 N–H and O–H groups in total. The molecule has 2 saturated carbocycles. The highest BCUT2D eigenvalue weighted by atomic mass is 19.1. The van der Waals surface area contributed by atoms with Gasteiger partial charge in [0.2, 0.25) is 0 Å². The van der Waals surface area contributed by atoms with Gasteiger partial charge in [-0.05, 0) is 91.3 Å². The lowest BCUT2D eigenvalue weighted by atomic mass is 9.53. The van der Waals surface area contributed by atoms with Crippen LogP contribution in [0.3, 0.4) is 0 Å². The number of rotatable bonds is 4. The second-order valence-corrected chi connectivity index (χ2v) is 8.95. The molecule has 0 unspecified atom stereocenters. The molecule has 29 heavy (non-hydrogen) atoms. The van der Waals surface area contributed by atoms with Crippen LogP contribution in [0.1, 0.15) is 55.6 Å². The SMILES string of the molecule is O=C(Cc1cccnc1)C1CC2(CCC(c3ccnc4ccc(F)cc34)CC2)C1. The van der Waals surface area contributed by atoms with Gasteiger partial charge in [-0.25, -0.2) is 4.39 Å². The van der Waals surface area contributed by atoms with Gasteiger partial charge in [-0.2, -0.15) is 0 Å². The number of fused-ring (bicyclic) bond motifs is 1. The van der Waals surface area contributed by atoms with Crippen LogP contribution in [0.2, 0.25) is 0 Å². The minimum atomic E-state index is -0.201. The van der Waals surface area contributed by atoms with Crippen molar-refractivity contribution in [2.45, 2.75) is 50.9 Å². The van der Waals surface area contributed by atoms with Crippen LogP contribution in [0.4, 0.5) is 4.39 Å². The molecule has 0 bridgehead atoms. The van der Waals surface area contributed by atoms with Crippen LogP contribution < -0.4 is 0 Å². The Morgan fingerprint density at radius 2 is 1.93 bits per heavy atom. The van der Waals surface area contributed by atoms with Crippen molar-refractivity contribution in [3.8, 4) is 0 Å². The van der Waals surface area contributed by atoms with E-state index in [0.29, 0.717) is 23.5 Å². The van der Waals surface area contributed by atoms with Gasteiger partial charge in [-0.15, -0.1) is 0 Å². The number of nitrogens with zero attached hydrogens (tertiary/aromatic N) is 2. The Kier molecular flexibility index (Phi) is 4.65. The van der Waals surface area contributed by atoms with Gasteiger partial charge in [0, 0.05) is 36.3 Å². The van der Waals surface area contributed by atoms with Gasteiger partial charge >= 0.3 is 0 Å². The molecule has 2 heterocycles. The first-order chi connectivity index (χ1) is 14.1. The molecule has 0 aliphatic heterocycles. The Bertz CT molecular complexity index is 1030. The molecule has 0 radical (unpaired) electrons. The standard InChI is InChI=1S/C25H25FN2O/c26-20-3-4-23-22(13-20)21(7-11-28-23)18-5-8-25(9-6-18)14-19(15-25)24(29)12-17-2-1-10-27-16-17/h1-4,7,10-11,13,16,18-19H,5-6,8-9,12,14-15H2. The van der Waals surface area contributed by atoms with Gasteiger partial charge in [0.1, 0.15) is 11.6 Å². The van der Waals surface area contributed by atoms with Gasteiger partial charge in [0.05, 0.1) is 5.52 Å². The molecule has 4 heteroatoms. The summed E-state index contributed by atoms with van der Waals surface area (Å²) in [4.78, 5) is 21.1. The number of hydrogen-bond donors (Lipinski definition) is 0. The third kappa shape index (κ3) is 3.57. The molecule has 2 aliphatic rings.